The maximum Gasteiger partial charge on any atom is 0.261 e. The molecule has 0 saturated carbocycles. The molecule has 0 saturated heterocycles. The van der Waals surface area contributed by atoms with E-state index in [1.165, 1.54) is 7.05 Å². The average molecular weight is 554 g/mol. The number of nitrogens with two attached hydrogens (primary N) is 1. The summed E-state index contributed by atoms with van der Waals surface area (Å²) in [6.45, 7) is 3.92. The highest BCUT2D eigenvalue weighted by molar-refractivity contribution is 7.82. The zero-order chi connectivity index (χ0) is 28.7. The first kappa shape index (κ1) is 30.0. The van der Waals surface area contributed by atoms with E-state index in [-0.39, 0.29) is 43.5 Å². The summed E-state index contributed by atoms with van der Waals surface area (Å²) < 4.78 is 0. The molecule has 1 aliphatic rings. The van der Waals surface area contributed by atoms with Gasteiger partial charge in [0, 0.05) is 38.3 Å². The second-order valence-corrected chi connectivity index (χ2v) is 10.7. The van der Waals surface area contributed by atoms with Crippen LogP contribution in [0.1, 0.15) is 65.9 Å². The highest BCUT2D eigenvalue weighted by Gasteiger charge is 2.48. The van der Waals surface area contributed by atoms with Crippen LogP contribution in [0.25, 0.3) is 0 Å². The topological polar surface area (TPSA) is 143 Å². The van der Waals surface area contributed by atoms with Gasteiger partial charge in [0.25, 0.3) is 17.7 Å². The lowest BCUT2D eigenvalue weighted by atomic mass is 10.00. The Balaban J connectivity index is 1.78. The molecule has 1 aromatic carbocycles. The van der Waals surface area contributed by atoms with Crippen molar-refractivity contribution in [3.8, 4) is 0 Å². The Kier molecular flexibility index (Phi) is 9.98. The van der Waals surface area contributed by atoms with E-state index >= 15 is 0 Å². The summed E-state index contributed by atoms with van der Waals surface area (Å²) >= 11 is 4.61. The maximum atomic E-state index is 13.6. The minimum atomic E-state index is -1.88. The van der Waals surface area contributed by atoms with E-state index in [4.69, 9.17) is 5.73 Å². The summed E-state index contributed by atoms with van der Waals surface area (Å²) in [6.07, 6.45) is 2.20. The Morgan fingerprint density at radius 2 is 1.67 bits per heavy atom. The van der Waals surface area contributed by atoms with Gasteiger partial charge in [0.2, 0.25) is 11.8 Å². The molecule has 39 heavy (non-hydrogen) atoms. The standard InChI is InChI=1S/C28H35N5O5S/c1-18(2)16-22(29)26(37)33(28(39,27(38)30-3)17-19-10-6-8-14-31-19)23(34)13-7-9-15-32-24(35)20-11-4-5-12-21(20)25(32)36/h4-6,8,10-12,14,18,22,39H,7,9,13,15-17,29H2,1-3H3,(H,30,38)/t22-,28+/m0/s1. The number of hydrogen-bond donors (Lipinski definition) is 3. The Hall–Kier alpha value is -3.57. The number of benzene rings is 1. The van der Waals surface area contributed by atoms with Crippen LogP contribution in [0.5, 0.6) is 0 Å². The van der Waals surface area contributed by atoms with Gasteiger partial charge < -0.3 is 11.1 Å². The normalized spacial score (nSPS) is 15.1. The van der Waals surface area contributed by atoms with Gasteiger partial charge in [0.15, 0.2) is 4.87 Å². The monoisotopic (exact) mass is 553 g/mol. The molecule has 2 aromatic rings. The highest BCUT2D eigenvalue weighted by Crippen LogP contribution is 2.29. The highest BCUT2D eigenvalue weighted by atomic mass is 32.1. The Morgan fingerprint density at radius 3 is 2.21 bits per heavy atom. The number of thiol groups is 1. The first-order valence-corrected chi connectivity index (χ1v) is 13.4. The number of carbonyl (C=O) groups excluding carboxylic acids is 5. The number of rotatable bonds is 12. The zero-order valence-corrected chi connectivity index (χ0v) is 23.3. The lowest BCUT2D eigenvalue weighted by Gasteiger charge is -2.38. The number of imide groups is 2. The molecule has 0 aliphatic carbocycles. The molecular formula is C28H35N5O5S. The predicted molar refractivity (Wildman–Crippen MR) is 149 cm³/mol. The molecule has 1 aromatic heterocycles. The van der Waals surface area contributed by atoms with Crippen molar-refractivity contribution < 1.29 is 24.0 Å². The van der Waals surface area contributed by atoms with Crippen LogP contribution in [0.3, 0.4) is 0 Å². The van der Waals surface area contributed by atoms with Crippen molar-refractivity contribution in [2.45, 2.75) is 56.9 Å². The number of amides is 5. The van der Waals surface area contributed by atoms with Gasteiger partial charge >= 0.3 is 0 Å². The molecule has 1 aliphatic heterocycles. The molecule has 0 radical (unpaired) electrons. The van der Waals surface area contributed by atoms with Gasteiger partial charge in [-0.05, 0) is 49.4 Å². The first-order chi connectivity index (χ1) is 18.5. The Bertz CT molecular complexity index is 1200. The van der Waals surface area contributed by atoms with Crippen molar-refractivity contribution in [3.63, 3.8) is 0 Å². The third-order valence-electron chi connectivity index (χ3n) is 6.53. The zero-order valence-electron chi connectivity index (χ0n) is 22.4. The van der Waals surface area contributed by atoms with E-state index in [2.05, 4.69) is 22.9 Å². The number of fused-ring (bicyclic) bond motifs is 1. The fraction of sp³-hybridized carbons (Fsp3) is 0.429. The molecule has 5 amide bonds. The van der Waals surface area contributed by atoms with E-state index in [1.807, 2.05) is 13.8 Å². The summed E-state index contributed by atoms with van der Waals surface area (Å²) in [6, 6.07) is 10.7. The number of unbranched alkanes of at least 4 members (excludes halogenated alkanes) is 1. The quantitative estimate of drug-likeness (QED) is 0.158. The third-order valence-corrected chi connectivity index (χ3v) is 7.09. The van der Waals surface area contributed by atoms with Gasteiger partial charge in [-0.15, -0.1) is 12.6 Å². The minimum absolute atomic E-state index is 0.0747. The number of nitrogens with one attached hydrogen (secondary N) is 1. The predicted octanol–water partition coefficient (Wildman–Crippen LogP) is 2.19. The van der Waals surface area contributed by atoms with Crippen molar-refractivity contribution in [1.29, 1.82) is 0 Å². The van der Waals surface area contributed by atoms with Crippen LogP contribution in [-0.2, 0) is 20.8 Å². The first-order valence-electron chi connectivity index (χ1n) is 12.9. The molecule has 0 unspecified atom stereocenters. The van der Waals surface area contributed by atoms with E-state index in [1.54, 1.807) is 48.7 Å². The maximum absolute atomic E-state index is 13.6. The summed E-state index contributed by atoms with van der Waals surface area (Å²) in [7, 11) is 1.40. The van der Waals surface area contributed by atoms with Gasteiger partial charge in [-0.2, -0.15) is 0 Å². The minimum Gasteiger partial charge on any atom is -0.356 e. The van der Waals surface area contributed by atoms with E-state index in [0.29, 0.717) is 29.7 Å². The molecule has 0 bridgehead atoms. The number of hydrogen-bond acceptors (Lipinski definition) is 8. The molecule has 208 valence electrons. The van der Waals surface area contributed by atoms with Crippen LogP contribution in [0.4, 0.5) is 0 Å². The average Bonchev–Trinajstić information content (AvgIpc) is 3.15. The van der Waals surface area contributed by atoms with Crippen molar-refractivity contribution in [3.05, 3.63) is 65.5 Å². The van der Waals surface area contributed by atoms with E-state index < -0.39 is 28.6 Å². The molecular weight excluding hydrogens is 518 g/mol. The van der Waals surface area contributed by atoms with Crippen LogP contribution >= 0.6 is 12.6 Å². The number of pyridine rings is 1. The van der Waals surface area contributed by atoms with Crippen molar-refractivity contribution in [2.75, 3.05) is 13.6 Å². The van der Waals surface area contributed by atoms with Crippen LogP contribution < -0.4 is 11.1 Å². The Morgan fingerprint density at radius 1 is 1.05 bits per heavy atom. The van der Waals surface area contributed by atoms with Gasteiger partial charge in [0.1, 0.15) is 0 Å². The van der Waals surface area contributed by atoms with Gasteiger partial charge in [0.05, 0.1) is 17.2 Å². The van der Waals surface area contributed by atoms with Gasteiger partial charge in [-0.1, -0.05) is 32.0 Å². The largest absolute Gasteiger partial charge is 0.356 e. The Labute approximate surface area is 233 Å². The number of nitrogens with zero attached hydrogens (tertiary/aromatic N) is 3. The van der Waals surface area contributed by atoms with Crippen molar-refractivity contribution in [1.82, 2.24) is 20.1 Å². The lowest BCUT2D eigenvalue weighted by molar-refractivity contribution is -0.154. The van der Waals surface area contributed by atoms with Crippen LogP contribution in [-0.4, -0.2) is 68.8 Å². The summed E-state index contributed by atoms with van der Waals surface area (Å²) in [4.78, 5) is 69.9. The third kappa shape index (κ3) is 6.72. The fourth-order valence-corrected chi connectivity index (χ4v) is 5.09. The molecule has 3 rings (SSSR count). The summed E-state index contributed by atoms with van der Waals surface area (Å²) in [5.41, 5.74) is 7.37. The molecule has 2 heterocycles. The molecule has 10 nitrogen and oxygen atoms in total. The van der Waals surface area contributed by atoms with Crippen molar-refractivity contribution >= 4 is 42.2 Å². The second-order valence-electron chi connectivity index (χ2n) is 9.96. The van der Waals surface area contributed by atoms with Crippen LogP contribution in [0, 0.1) is 5.92 Å². The SMILES string of the molecule is CNC(=O)[C@](S)(Cc1ccccn1)N(C(=O)CCCCN1C(=O)c2ccccc2C1=O)C(=O)[C@@H](N)CC(C)C. The van der Waals surface area contributed by atoms with E-state index in [0.717, 1.165) is 9.80 Å². The van der Waals surface area contributed by atoms with Crippen molar-refractivity contribution in [2.24, 2.45) is 11.7 Å². The summed E-state index contributed by atoms with van der Waals surface area (Å²) in [5.74, 6) is -2.66. The molecule has 11 heteroatoms. The fourth-order valence-electron chi connectivity index (χ4n) is 4.60. The molecule has 2 atom stereocenters. The molecule has 0 spiro atoms. The second kappa shape index (κ2) is 13.0. The van der Waals surface area contributed by atoms with Crippen LogP contribution in [0.2, 0.25) is 0 Å². The number of aromatic nitrogens is 1. The molecule has 3 N–H and O–H groups in total. The smallest absolute Gasteiger partial charge is 0.261 e. The number of carbonyl (C=O) groups is 5. The molecule has 0 fully saturated rings. The van der Waals surface area contributed by atoms with E-state index in [9.17, 15) is 24.0 Å². The van der Waals surface area contributed by atoms with Gasteiger partial charge in [-0.3, -0.25) is 38.8 Å². The van der Waals surface area contributed by atoms with Gasteiger partial charge in [-0.25, -0.2) is 0 Å². The lowest BCUT2D eigenvalue weighted by Crippen LogP contribution is -2.63. The number of likely N-dealkylation sites (N-methyl/N-ethyl adjacent to an activating group) is 1. The van der Waals surface area contributed by atoms with Crippen LogP contribution in [0.15, 0.2) is 48.7 Å². The summed E-state index contributed by atoms with van der Waals surface area (Å²) in [5, 5.41) is 2.51.